The van der Waals surface area contributed by atoms with Crippen LogP contribution in [0.2, 0.25) is 0 Å². The van der Waals surface area contributed by atoms with E-state index in [9.17, 15) is 9.90 Å². The van der Waals surface area contributed by atoms with Crippen LogP contribution in [-0.4, -0.2) is 39.8 Å². The van der Waals surface area contributed by atoms with Gasteiger partial charge < -0.3 is 23.9 Å². The number of furan rings is 1. The molecule has 0 aliphatic carbocycles. The number of amides is 1. The molecule has 5 rings (SSSR count). The van der Waals surface area contributed by atoms with Gasteiger partial charge in [-0.3, -0.25) is 9.89 Å². The highest BCUT2D eigenvalue weighted by Gasteiger charge is 2.43. The van der Waals surface area contributed by atoms with Crippen molar-refractivity contribution < 1.29 is 23.8 Å². The van der Waals surface area contributed by atoms with Crippen molar-refractivity contribution >= 4 is 5.91 Å². The molecule has 2 N–H and O–H groups in total. The molecule has 0 saturated carbocycles. The Balaban J connectivity index is 1.66. The number of carbonyl (C=O) groups excluding carboxylic acids is 1. The van der Waals surface area contributed by atoms with E-state index in [1.165, 1.54) is 0 Å². The van der Waals surface area contributed by atoms with Crippen molar-refractivity contribution in [1.82, 2.24) is 15.1 Å². The largest absolute Gasteiger partial charge is 0.507 e. The number of benzene rings is 2. The number of nitrogens with one attached hydrogen (secondary N) is 1. The Bertz CT molecular complexity index is 1440. The van der Waals surface area contributed by atoms with Gasteiger partial charge in [0.1, 0.15) is 22.9 Å². The summed E-state index contributed by atoms with van der Waals surface area (Å²) in [6.07, 6.45) is 1.59. The number of ether oxygens (including phenoxy) is 2. The van der Waals surface area contributed by atoms with Crippen LogP contribution in [0.3, 0.4) is 0 Å². The summed E-state index contributed by atoms with van der Waals surface area (Å²) in [5, 5.41) is 18.4. The van der Waals surface area contributed by atoms with Crippen LogP contribution in [-0.2, 0) is 6.54 Å². The van der Waals surface area contributed by atoms with Crippen molar-refractivity contribution in [3.63, 3.8) is 0 Å². The molecule has 0 radical (unpaired) electrons. The molecule has 8 heteroatoms. The number of hydrogen-bond acceptors (Lipinski definition) is 6. The van der Waals surface area contributed by atoms with Crippen molar-refractivity contribution in [2.45, 2.75) is 40.3 Å². The van der Waals surface area contributed by atoms with Gasteiger partial charge >= 0.3 is 0 Å². The molecule has 0 spiro atoms. The molecule has 1 amide bonds. The molecule has 3 heterocycles. The first-order valence-corrected chi connectivity index (χ1v) is 12.3. The van der Waals surface area contributed by atoms with Crippen LogP contribution < -0.4 is 9.47 Å². The molecule has 4 aromatic rings. The lowest BCUT2D eigenvalue weighted by molar-refractivity contribution is 0.0716. The van der Waals surface area contributed by atoms with E-state index < -0.39 is 6.04 Å². The molecule has 192 valence electrons. The molecule has 0 saturated heterocycles. The van der Waals surface area contributed by atoms with Gasteiger partial charge in [0.15, 0.2) is 11.5 Å². The summed E-state index contributed by atoms with van der Waals surface area (Å²) in [6, 6.07) is 12.7. The maximum atomic E-state index is 13.7. The summed E-state index contributed by atoms with van der Waals surface area (Å²) in [7, 11) is 1.60. The first-order chi connectivity index (χ1) is 17.8. The number of phenolic OH excluding ortho intramolecular Hbond substituents is 1. The molecule has 1 aliphatic heterocycles. The van der Waals surface area contributed by atoms with Gasteiger partial charge in [0.25, 0.3) is 5.91 Å². The lowest BCUT2D eigenvalue weighted by Gasteiger charge is -2.26. The van der Waals surface area contributed by atoms with Gasteiger partial charge in [-0.2, -0.15) is 5.10 Å². The molecule has 1 atom stereocenters. The lowest BCUT2D eigenvalue weighted by atomic mass is 9.94. The minimum atomic E-state index is -0.491. The fourth-order valence-corrected chi connectivity index (χ4v) is 4.85. The highest BCUT2D eigenvalue weighted by molar-refractivity contribution is 6.00. The van der Waals surface area contributed by atoms with Crippen molar-refractivity contribution in [1.29, 1.82) is 0 Å². The van der Waals surface area contributed by atoms with Crippen LogP contribution >= 0.6 is 0 Å². The zero-order valence-corrected chi connectivity index (χ0v) is 21.7. The number of aromatic nitrogens is 2. The third-order valence-corrected chi connectivity index (χ3v) is 6.55. The third-order valence-electron chi connectivity index (χ3n) is 6.55. The molecule has 37 heavy (non-hydrogen) atoms. The zero-order chi connectivity index (χ0) is 26.3. The Hall–Kier alpha value is -4.20. The smallest absolute Gasteiger partial charge is 0.273 e. The monoisotopic (exact) mass is 501 g/mol. The van der Waals surface area contributed by atoms with E-state index in [4.69, 9.17) is 13.9 Å². The van der Waals surface area contributed by atoms with Crippen molar-refractivity contribution in [3.8, 4) is 28.5 Å². The first kappa shape index (κ1) is 24.5. The van der Waals surface area contributed by atoms with Gasteiger partial charge in [-0.15, -0.1) is 0 Å². The molecular weight excluding hydrogens is 470 g/mol. The number of phenols is 1. The summed E-state index contributed by atoms with van der Waals surface area (Å²) in [6.45, 7) is 8.82. The highest BCUT2D eigenvalue weighted by Crippen LogP contribution is 2.47. The van der Waals surface area contributed by atoms with Gasteiger partial charge in [-0.25, -0.2) is 0 Å². The quantitative estimate of drug-likeness (QED) is 0.317. The van der Waals surface area contributed by atoms with Gasteiger partial charge in [0.05, 0.1) is 32.6 Å². The molecule has 1 aliphatic rings. The maximum Gasteiger partial charge on any atom is 0.273 e. The van der Waals surface area contributed by atoms with E-state index in [0.717, 1.165) is 16.7 Å². The molecular formula is C29H31N3O5. The zero-order valence-electron chi connectivity index (χ0n) is 21.7. The Morgan fingerprint density at radius 3 is 2.68 bits per heavy atom. The van der Waals surface area contributed by atoms with Crippen LogP contribution in [0.5, 0.6) is 17.2 Å². The van der Waals surface area contributed by atoms with Crippen molar-refractivity contribution in [3.05, 3.63) is 82.4 Å². The third kappa shape index (κ3) is 4.43. The maximum absolute atomic E-state index is 13.7. The van der Waals surface area contributed by atoms with Crippen LogP contribution in [0.4, 0.5) is 0 Å². The Morgan fingerprint density at radius 1 is 1.16 bits per heavy atom. The second-order valence-corrected chi connectivity index (χ2v) is 9.87. The molecule has 0 bridgehead atoms. The minimum Gasteiger partial charge on any atom is -0.507 e. The summed E-state index contributed by atoms with van der Waals surface area (Å²) in [5.74, 6) is 2.19. The Morgan fingerprint density at radius 2 is 1.97 bits per heavy atom. The summed E-state index contributed by atoms with van der Waals surface area (Å²) < 4.78 is 17.2. The summed E-state index contributed by atoms with van der Waals surface area (Å²) >= 11 is 0. The van der Waals surface area contributed by atoms with E-state index >= 15 is 0 Å². The average Bonchev–Trinajstić information content (AvgIpc) is 3.59. The number of methoxy groups -OCH3 is 1. The molecule has 8 nitrogen and oxygen atoms in total. The first-order valence-electron chi connectivity index (χ1n) is 12.3. The SMILES string of the molecule is COc1cc(C2c3c(-c4cc(C)cc(C)c4O)n[nH]c3C(=O)N2Cc2ccco2)ccc1OCC(C)C. The van der Waals surface area contributed by atoms with Gasteiger partial charge in [-0.05, 0) is 66.8 Å². The highest BCUT2D eigenvalue weighted by atomic mass is 16.5. The standard InChI is InChI=1S/C29H31N3O5/c1-16(2)15-37-22-9-8-19(13-23(22)35-5)27-24-25(21-12-17(3)11-18(4)28(21)33)30-31-26(24)29(34)32(27)14-20-7-6-10-36-20/h6-13,16,27,33H,14-15H2,1-5H3,(H,30,31). The number of fused-ring (bicyclic) bond motifs is 1. The van der Waals surface area contributed by atoms with Gasteiger partial charge in [0.2, 0.25) is 0 Å². The van der Waals surface area contributed by atoms with Gasteiger partial charge in [0, 0.05) is 11.1 Å². The normalized spacial score (nSPS) is 14.9. The Kier molecular flexibility index (Phi) is 6.41. The molecule has 2 aromatic carbocycles. The van der Waals surface area contributed by atoms with Crippen LogP contribution in [0.25, 0.3) is 11.3 Å². The van der Waals surface area contributed by atoms with Crippen LogP contribution in [0, 0.1) is 19.8 Å². The number of hydrogen-bond donors (Lipinski definition) is 2. The van der Waals surface area contributed by atoms with Crippen molar-refractivity contribution in [2.24, 2.45) is 5.92 Å². The summed E-state index contributed by atoms with van der Waals surface area (Å²) in [4.78, 5) is 15.4. The summed E-state index contributed by atoms with van der Waals surface area (Å²) in [5.41, 5.74) is 4.78. The topological polar surface area (TPSA) is 101 Å². The van der Waals surface area contributed by atoms with Crippen LogP contribution in [0.15, 0.2) is 53.1 Å². The van der Waals surface area contributed by atoms with Gasteiger partial charge in [-0.1, -0.05) is 26.0 Å². The predicted octanol–water partition coefficient (Wildman–Crippen LogP) is 5.78. The number of aromatic hydroxyl groups is 1. The second-order valence-electron chi connectivity index (χ2n) is 9.87. The number of aromatic amines is 1. The average molecular weight is 502 g/mol. The number of H-pyrrole nitrogens is 1. The Labute approximate surface area is 215 Å². The van der Waals surface area contributed by atoms with E-state index in [1.54, 1.807) is 24.3 Å². The molecule has 1 unspecified atom stereocenters. The lowest BCUT2D eigenvalue weighted by Crippen LogP contribution is -2.29. The molecule has 2 aromatic heterocycles. The number of aryl methyl sites for hydroxylation is 2. The van der Waals surface area contributed by atoms with Crippen molar-refractivity contribution in [2.75, 3.05) is 13.7 Å². The number of nitrogens with zero attached hydrogens (tertiary/aromatic N) is 2. The predicted molar refractivity (Wildman–Crippen MR) is 139 cm³/mol. The van der Waals surface area contributed by atoms with E-state index in [-0.39, 0.29) is 18.2 Å². The van der Waals surface area contributed by atoms with E-state index in [0.29, 0.717) is 52.3 Å². The fraction of sp³-hybridized carbons (Fsp3) is 0.310. The second kappa shape index (κ2) is 9.69. The molecule has 0 fully saturated rings. The number of rotatable bonds is 8. The van der Waals surface area contributed by atoms with E-state index in [1.807, 2.05) is 50.2 Å². The van der Waals surface area contributed by atoms with E-state index in [2.05, 4.69) is 24.0 Å². The minimum absolute atomic E-state index is 0.144. The van der Waals surface area contributed by atoms with Crippen LogP contribution in [0.1, 0.15) is 58.4 Å². The number of carbonyl (C=O) groups is 1. The fourth-order valence-electron chi connectivity index (χ4n) is 4.85.